The fourth-order valence-electron chi connectivity index (χ4n) is 4.43. The van der Waals surface area contributed by atoms with Gasteiger partial charge in [0.2, 0.25) is 0 Å². The Labute approximate surface area is 158 Å². The lowest BCUT2D eigenvalue weighted by atomic mass is 10.0. The van der Waals surface area contributed by atoms with Crippen LogP contribution in [-0.4, -0.2) is 54.7 Å². The second kappa shape index (κ2) is 5.81. The lowest BCUT2D eigenvalue weighted by Crippen LogP contribution is -2.43. The fraction of sp³-hybridized carbons (Fsp3) is 0.684. The molecule has 8 nitrogen and oxygen atoms in total. The van der Waals surface area contributed by atoms with Crippen molar-refractivity contribution in [1.82, 2.24) is 24.4 Å². The van der Waals surface area contributed by atoms with E-state index in [1.165, 1.54) is 12.8 Å². The van der Waals surface area contributed by atoms with Gasteiger partial charge in [-0.05, 0) is 52.4 Å². The summed E-state index contributed by atoms with van der Waals surface area (Å²) in [5, 5.41) is 3.44. The Hall–Kier alpha value is -2.38. The lowest BCUT2D eigenvalue weighted by Gasteiger charge is -2.33. The summed E-state index contributed by atoms with van der Waals surface area (Å²) in [4.78, 5) is 27.9. The van der Waals surface area contributed by atoms with Crippen LogP contribution in [0.15, 0.2) is 12.7 Å². The van der Waals surface area contributed by atoms with Gasteiger partial charge in [0.1, 0.15) is 17.4 Å². The molecule has 144 valence electrons. The summed E-state index contributed by atoms with van der Waals surface area (Å²) in [6.45, 7) is 6.47. The highest BCUT2D eigenvalue weighted by Crippen LogP contribution is 2.46. The Bertz CT molecular complexity index is 884. The number of carbonyl (C=O) groups is 1. The normalized spacial score (nSPS) is 27.4. The van der Waals surface area contributed by atoms with Crippen molar-refractivity contribution < 1.29 is 9.53 Å². The topological polar surface area (TPSA) is 85.2 Å². The fourth-order valence-corrected chi connectivity index (χ4v) is 4.43. The standard InChI is InChI=1S/C19H26N6O2/c1-19(2,3)27-18(26)24-8-11-6-13(24)7-14(11)25-10-22-15-16(23-12-4-5-12)20-9-21-17(15)25/h9-14H,4-8H2,1-3H3,(H,20,21,23)/t11-,13-,14+/m1/s1. The maximum atomic E-state index is 12.5. The van der Waals surface area contributed by atoms with Crippen LogP contribution in [0.25, 0.3) is 11.2 Å². The van der Waals surface area contributed by atoms with Crippen LogP contribution in [0, 0.1) is 5.92 Å². The minimum absolute atomic E-state index is 0.192. The number of anilines is 1. The van der Waals surface area contributed by atoms with Crippen LogP contribution in [0.3, 0.4) is 0 Å². The highest BCUT2D eigenvalue weighted by Gasteiger charge is 2.48. The van der Waals surface area contributed by atoms with Gasteiger partial charge < -0.3 is 19.5 Å². The molecule has 27 heavy (non-hydrogen) atoms. The molecular formula is C19H26N6O2. The Morgan fingerprint density at radius 1 is 1.22 bits per heavy atom. The van der Waals surface area contributed by atoms with Crippen LogP contribution >= 0.6 is 0 Å². The first-order valence-electron chi connectivity index (χ1n) is 9.83. The van der Waals surface area contributed by atoms with Crippen LogP contribution in [0.2, 0.25) is 0 Å². The zero-order valence-corrected chi connectivity index (χ0v) is 16.1. The highest BCUT2D eigenvalue weighted by atomic mass is 16.6. The number of hydrogen-bond donors (Lipinski definition) is 1. The summed E-state index contributed by atoms with van der Waals surface area (Å²) in [6.07, 6.45) is 7.64. The number of imidazole rings is 1. The number of rotatable bonds is 3. The molecule has 3 fully saturated rings. The SMILES string of the molecule is CC(C)(C)OC(=O)N1C[C@H]2C[C@@H]1C[C@@H]2n1cnc2c(NC3CC3)ncnc21. The van der Waals surface area contributed by atoms with Gasteiger partial charge in [-0.15, -0.1) is 0 Å². The molecule has 8 heteroatoms. The Morgan fingerprint density at radius 3 is 2.70 bits per heavy atom. The first-order valence-corrected chi connectivity index (χ1v) is 9.83. The lowest BCUT2D eigenvalue weighted by molar-refractivity contribution is 0.0166. The summed E-state index contributed by atoms with van der Waals surface area (Å²) in [5.41, 5.74) is 1.27. The molecule has 3 atom stereocenters. The second-order valence-electron chi connectivity index (χ2n) is 9.05. The monoisotopic (exact) mass is 370 g/mol. The molecule has 0 aromatic carbocycles. The van der Waals surface area contributed by atoms with Gasteiger partial charge in [-0.1, -0.05) is 0 Å². The smallest absolute Gasteiger partial charge is 0.410 e. The van der Waals surface area contributed by atoms with Crippen molar-refractivity contribution >= 4 is 23.1 Å². The summed E-state index contributed by atoms with van der Waals surface area (Å²) >= 11 is 0. The van der Waals surface area contributed by atoms with E-state index in [0.717, 1.165) is 36.4 Å². The maximum Gasteiger partial charge on any atom is 0.410 e. The molecule has 2 aromatic rings. The highest BCUT2D eigenvalue weighted by molar-refractivity contribution is 5.83. The van der Waals surface area contributed by atoms with Crippen molar-refractivity contribution in [2.75, 3.05) is 11.9 Å². The number of likely N-dealkylation sites (tertiary alicyclic amines) is 1. The largest absolute Gasteiger partial charge is 0.444 e. The average Bonchev–Trinajstić information content (AvgIpc) is 3.03. The van der Waals surface area contributed by atoms with Gasteiger partial charge in [0.05, 0.1) is 6.33 Å². The Kier molecular flexibility index (Phi) is 3.61. The second-order valence-corrected chi connectivity index (χ2v) is 9.05. The van der Waals surface area contributed by atoms with Crippen LogP contribution in [-0.2, 0) is 4.74 Å². The minimum atomic E-state index is -0.458. The maximum absolute atomic E-state index is 12.5. The zero-order valence-electron chi connectivity index (χ0n) is 16.1. The molecule has 3 aliphatic rings. The van der Waals surface area contributed by atoms with Crippen molar-refractivity contribution in [1.29, 1.82) is 0 Å². The first-order chi connectivity index (χ1) is 12.9. The van der Waals surface area contributed by atoms with Crippen LogP contribution in [0.1, 0.15) is 52.5 Å². The summed E-state index contributed by atoms with van der Waals surface area (Å²) in [6, 6.07) is 1.08. The van der Waals surface area contributed by atoms with Gasteiger partial charge in [-0.25, -0.2) is 19.7 Å². The number of ether oxygens (including phenoxy) is 1. The van der Waals surface area contributed by atoms with E-state index in [2.05, 4.69) is 24.8 Å². The third kappa shape index (κ3) is 3.00. The van der Waals surface area contributed by atoms with Crippen molar-refractivity contribution in [3.63, 3.8) is 0 Å². The quantitative estimate of drug-likeness (QED) is 0.894. The molecule has 1 amide bonds. The molecule has 1 saturated heterocycles. The molecule has 2 bridgehead atoms. The van der Waals surface area contributed by atoms with E-state index in [4.69, 9.17) is 4.74 Å². The van der Waals surface area contributed by atoms with Gasteiger partial charge in [-0.2, -0.15) is 0 Å². The molecule has 1 aliphatic heterocycles. The number of amides is 1. The van der Waals surface area contributed by atoms with Crippen molar-refractivity contribution in [3.05, 3.63) is 12.7 Å². The predicted molar refractivity (Wildman–Crippen MR) is 100 cm³/mol. The van der Waals surface area contributed by atoms with Gasteiger partial charge in [0.25, 0.3) is 0 Å². The van der Waals surface area contributed by atoms with Gasteiger partial charge in [0, 0.05) is 24.7 Å². The molecule has 0 spiro atoms. The molecule has 3 heterocycles. The van der Waals surface area contributed by atoms with Crippen LogP contribution in [0.5, 0.6) is 0 Å². The van der Waals surface area contributed by atoms with E-state index in [0.29, 0.717) is 18.0 Å². The van der Waals surface area contributed by atoms with Gasteiger partial charge in [0.15, 0.2) is 11.5 Å². The number of hydrogen-bond acceptors (Lipinski definition) is 6. The molecule has 2 aromatic heterocycles. The molecular weight excluding hydrogens is 344 g/mol. The summed E-state index contributed by atoms with van der Waals surface area (Å²) in [7, 11) is 0. The molecule has 2 aliphatic carbocycles. The Morgan fingerprint density at radius 2 is 2.04 bits per heavy atom. The first kappa shape index (κ1) is 16.8. The number of piperidine rings is 1. The molecule has 0 radical (unpaired) electrons. The number of nitrogens with zero attached hydrogens (tertiary/aromatic N) is 5. The molecule has 0 unspecified atom stereocenters. The number of fused-ring (bicyclic) bond motifs is 3. The van der Waals surface area contributed by atoms with Crippen molar-refractivity contribution in [2.45, 2.75) is 70.2 Å². The summed E-state index contributed by atoms with van der Waals surface area (Å²) < 4.78 is 7.75. The molecule has 5 rings (SSSR count). The number of nitrogens with one attached hydrogen (secondary N) is 1. The zero-order chi connectivity index (χ0) is 18.8. The van der Waals surface area contributed by atoms with E-state index in [1.54, 1.807) is 6.33 Å². The van der Waals surface area contributed by atoms with Crippen molar-refractivity contribution in [2.24, 2.45) is 5.92 Å². The van der Waals surface area contributed by atoms with E-state index in [9.17, 15) is 4.79 Å². The van der Waals surface area contributed by atoms with E-state index < -0.39 is 5.60 Å². The van der Waals surface area contributed by atoms with Crippen LogP contribution in [0.4, 0.5) is 10.6 Å². The number of carbonyl (C=O) groups excluding carboxylic acids is 1. The van der Waals surface area contributed by atoms with E-state index in [1.807, 2.05) is 32.0 Å². The molecule has 2 saturated carbocycles. The van der Waals surface area contributed by atoms with E-state index in [-0.39, 0.29) is 12.1 Å². The van der Waals surface area contributed by atoms with Gasteiger partial charge >= 0.3 is 6.09 Å². The molecule has 1 N–H and O–H groups in total. The minimum Gasteiger partial charge on any atom is -0.444 e. The van der Waals surface area contributed by atoms with Crippen molar-refractivity contribution in [3.8, 4) is 0 Å². The van der Waals surface area contributed by atoms with Crippen LogP contribution < -0.4 is 5.32 Å². The average molecular weight is 370 g/mol. The predicted octanol–water partition coefficient (Wildman–Crippen LogP) is 2.97. The van der Waals surface area contributed by atoms with E-state index >= 15 is 0 Å². The third-order valence-electron chi connectivity index (χ3n) is 5.77. The van der Waals surface area contributed by atoms with Gasteiger partial charge in [-0.3, -0.25) is 0 Å². The Balaban J connectivity index is 1.35. The summed E-state index contributed by atoms with van der Waals surface area (Å²) in [5.74, 6) is 1.24. The number of aromatic nitrogens is 4. The third-order valence-corrected chi connectivity index (χ3v) is 5.77.